The van der Waals surface area contributed by atoms with Gasteiger partial charge in [0.25, 0.3) is 0 Å². The molecule has 0 unspecified atom stereocenters. The lowest BCUT2D eigenvalue weighted by Gasteiger charge is -2.35. The van der Waals surface area contributed by atoms with Crippen molar-refractivity contribution in [2.24, 2.45) is 5.92 Å². The maximum Gasteiger partial charge on any atom is 0.226 e. The summed E-state index contributed by atoms with van der Waals surface area (Å²) in [4.78, 5) is 18.9. The number of carbonyl (C=O) groups excluding carboxylic acids is 1. The molecule has 1 saturated heterocycles. The van der Waals surface area contributed by atoms with Gasteiger partial charge in [-0.05, 0) is 61.8 Å². The number of carbonyl (C=O) groups is 1. The van der Waals surface area contributed by atoms with Gasteiger partial charge in [-0.25, -0.2) is 0 Å². The number of thiophene rings is 1. The van der Waals surface area contributed by atoms with Gasteiger partial charge >= 0.3 is 0 Å². The normalized spacial score (nSPS) is 19.0. The van der Waals surface area contributed by atoms with Gasteiger partial charge in [-0.15, -0.1) is 11.3 Å². The lowest BCUT2D eigenvalue weighted by Crippen LogP contribution is -2.43. The second-order valence-corrected chi connectivity index (χ2v) is 8.42. The maximum absolute atomic E-state index is 12.9. The van der Waals surface area contributed by atoms with E-state index >= 15 is 0 Å². The summed E-state index contributed by atoms with van der Waals surface area (Å²) in [5, 5.41) is 2.15. The largest absolute Gasteiger partial charge is 0.338 e. The van der Waals surface area contributed by atoms with Gasteiger partial charge in [0.2, 0.25) is 5.91 Å². The molecule has 0 aliphatic carbocycles. The van der Waals surface area contributed by atoms with Crippen molar-refractivity contribution in [2.45, 2.75) is 39.3 Å². The van der Waals surface area contributed by atoms with Crippen LogP contribution in [0.5, 0.6) is 0 Å². The molecule has 1 amide bonds. The summed E-state index contributed by atoms with van der Waals surface area (Å²) in [5.74, 6) is 0.598. The summed E-state index contributed by atoms with van der Waals surface area (Å²) in [6.07, 6.45) is 3.03. The van der Waals surface area contributed by atoms with Gasteiger partial charge < -0.3 is 4.90 Å². The molecule has 2 aliphatic heterocycles. The number of piperidine rings is 1. The Morgan fingerprint density at radius 2 is 1.88 bits per heavy atom. The zero-order valence-corrected chi connectivity index (χ0v) is 15.7. The zero-order chi connectivity index (χ0) is 17.2. The predicted molar refractivity (Wildman–Crippen MR) is 103 cm³/mol. The fourth-order valence-corrected chi connectivity index (χ4v) is 4.87. The highest BCUT2D eigenvalue weighted by atomic mass is 32.1. The highest BCUT2D eigenvalue weighted by Crippen LogP contribution is 2.27. The number of amides is 1. The van der Waals surface area contributed by atoms with E-state index in [4.69, 9.17) is 0 Å². The number of fused-ring (bicyclic) bond motifs is 1. The first kappa shape index (κ1) is 16.8. The van der Waals surface area contributed by atoms with E-state index in [2.05, 4.69) is 52.4 Å². The number of likely N-dealkylation sites (tertiary alicyclic amines) is 1. The fraction of sp³-hybridized carbons (Fsp3) is 0.476. The van der Waals surface area contributed by atoms with Gasteiger partial charge in [-0.1, -0.05) is 29.8 Å². The van der Waals surface area contributed by atoms with Crippen molar-refractivity contribution in [3.63, 3.8) is 0 Å². The van der Waals surface area contributed by atoms with Crippen molar-refractivity contribution >= 4 is 17.2 Å². The molecule has 2 aliphatic rings. The summed E-state index contributed by atoms with van der Waals surface area (Å²) < 4.78 is 0. The number of nitrogens with zero attached hydrogens (tertiary/aromatic N) is 2. The Kier molecular flexibility index (Phi) is 4.91. The van der Waals surface area contributed by atoms with Gasteiger partial charge in [0, 0.05) is 30.4 Å². The van der Waals surface area contributed by atoms with Gasteiger partial charge in [-0.2, -0.15) is 0 Å². The van der Waals surface area contributed by atoms with Crippen LogP contribution in [0.3, 0.4) is 0 Å². The van der Waals surface area contributed by atoms with E-state index in [9.17, 15) is 4.79 Å². The first-order valence-corrected chi connectivity index (χ1v) is 10.2. The summed E-state index contributed by atoms with van der Waals surface area (Å²) >= 11 is 1.83. The zero-order valence-electron chi connectivity index (χ0n) is 14.9. The highest BCUT2D eigenvalue weighted by molar-refractivity contribution is 7.10. The molecule has 1 aromatic carbocycles. The van der Waals surface area contributed by atoms with E-state index in [1.54, 1.807) is 0 Å². The van der Waals surface area contributed by atoms with Crippen molar-refractivity contribution in [2.75, 3.05) is 19.6 Å². The third-order valence-electron chi connectivity index (χ3n) is 5.58. The quantitative estimate of drug-likeness (QED) is 0.836. The van der Waals surface area contributed by atoms with Crippen LogP contribution in [-0.2, 0) is 24.3 Å². The van der Waals surface area contributed by atoms with Crippen LogP contribution >= 0.6 is 11.3 Å². The molecular formula is C21H26N2OS. The smallest absolute Gasteiger partial charge is 0.226 e. The molecule has 0 radical (unpaired) electrons. The van der Waals surface area contributed by atoms with Gasteiger partial charge in [-0.3, -0.25) is 9.69 Å². The first-order valence-electron chi connectivity index (χ1n) is 9.31. The summed E-state index contributed by atoms with van der Waals surface area (Å²) in [6, 6.07) is 11.0. The van der Waals surface area contributed by atoms with E-state index in [1.165, 1.54) is 21.6 Å². The van der Waals surface area contributed by atoms with Crippen molar-refractivity contribution < 1.29 is 4.79 Å². The average molecular weight is 355 g/mol. The van der Waals surface area contributed by atoms with E-state index in [1.807, 2.05) is 11.3 Å². The number of rotatable bonds is 3. The monoisotopic (exact) mass is 354 g/mol. The van der Waals surface area contributed by atoms with Crippen LogP contribution in [0.15, 0.2) is 35.7 Å². The van der Waals surface area contributed by atoms with E-state index in [0.29, 0.717) is 5.91 Å². The number of hydrogen-bond acceptors (Lipinski definition) is 3. The Morgan fingerprint density at radius 1 is 1.12 bits per heavy atom. The van der Waals surface area contributed by atoms with Gasteiger partial charge in [0.05, 0.1) is 0 Å². The van der Waals surface area contributed by atoms with Gasteiger partial charge in [0.1, 0.15) is 0 Å². The molecule has 0 saturated carbocycles. The third kappa shape index (κ3) is 3.80. The Bertz CT molecular complexity index is 729. The van der Waals surface area contributed by atoms with E-state index < -0.39 is 0 Å². The molecule has 25 heavy (non-hydrogen) atoms. The van der Waals surface area contributed by atoms with Crippen molar-refractivity contribution in [1.29, 1.82) is 0 Å². The predicted octanol–water partition coefficient (Wildman–Crippen LogP) is 3.85. The molecule has 0 atom stereocenters. The summed E-state index contributed by atoms with van der Waals surface area (Å²) in [5.41, 5.74) is 4.04. The molecular weight excluding hydrogens is 328 g/mol. The van der Waals surface area contributed by atoms with Crippen LogP contribution in [0.2, 0.25) is 0 Å². The molecule has 4 heteroatoms. The Hall–Kier alpha value is -1.65. The van der Waals surface area contributed by atoms with Gasteiger partial charge in [0.15, 0.2) is 0 Å². The van der Waals surface area contributed by atoms with Crippen LogP contribution in [0, 0.1) is 12.8 Å². The minimum absolute atomic E-state index is 0.217. The van der Waals surface area contributed by atoms with E-state index in [-0.39, 0.29) is 5.92 Å². The fourth-order valence-electron chi connectivity index (χ4n) is 3.98. The Morgan fingerprint density at radius 3 is 2.64 bits per heavy atom. The number of hydrogen-bond donors (Lipinski definition) is 0. The second kappa shape index (κ2) is 7.30. The standard InChI is InChI=1S/C21H26N2OS/c1-16-2-4-17(5-3-16)14-22-10-6-18(7-11-22)21(24)23-12-8-20-19(15-23)9-13-25-20/h2-5,9,13,18H,6-8,10-12,14-15H2,1H3. The highest BCUT2D eigenvalue weighted by Gasteiger charge is 2.30. The Balaban J connectivity index is 1.30. The lowest BCUT2D eigenvalue weighted by molar-refractivity contribution is -0.138. The van der Waals surface area contributed by atoms with Crippen molar-refractivity contribution in [3.05, 3.63) is 57.3 Å². The van der Waals surface area contributed by atoms with Crippen molar-refractivity contribution in [3.8, 4) is 0 Å². The maximum atomic E-state index is 12.9. The number of aryl methyl sites for hydroxylation is 1. The first-order chi connectivity index (χ1) is 12.2. The van der Waals surface area contributed by atoms with Crippen LogP contribution in [0.25, 0.3) is 0 Å². The van der Waals surface area contributed by atoms with Crippen LogP contribution in [0.1, 0.15) is 34.4 Å². The van der Waals surface area contributed by atoms with Crippen LogP contribution in [0.4, 0.5) is 0 Å². The molecule has 3 heterocycles. The van der Waals surface area contributed by atoms with Crippen LogP contribution in [-0.4, -0.2) is 35.3 Å². The van der Waals surface area contributed by atoms with Crippen molar-refractivity contribution in [1.82, 2.24) is 9.80 Å². The molecule has 1 fully saturated rings. The third-order valence-corrected chi connectivity index (χ3v) is 6.61. The molecule has 3 nitrogen and oxygen atoms in total. The Labute approximate surface area is 154 Å². The number of benzene rings is 1. The second-order valence-electron chi connectivity index (χ2n) is 7.41. The minimum Gasteiger partial charge on any atom is -0.338 e. The average Bonchev–Trinajstić information content (AvgIpc) is 3.11. The summed E-state index contributed by atoms with van der Waals surface area (Å²) in [7, 11) is 0. The topological polar surface area (TPSA) is 23.6 Å². The summed E-state index contributed by atoms with van der Waals surface area (Å²) in [6.45, 7) is 6.91. The molecule has 0 N–H and O–H groups in total. The molecule has 4 rings (SSSR count). The molecule has 0 bridgehead atoms. The molecule has 1 aromatic heterocycles. The lowest BCUT2D eigenvalue weighted by atomic mass is 9.94. The van der Waals surface area contributed by atoms with E-state index in [0.717, 1.165) is 52.0 Å². The minimum atomic E-state index is 0.217. The molecule has 0 spiro atoms. The molecule has 2 aromatic rings. The molecule has 132 valence electrons. The SMILES string of the molecule is Cc1ccc(CN2CCC(C(=O)N3CCc4sccc4C3)CC2)cc1. The van der Waals surface area contributed by atoms with Crippen LogP contribution < -0.4 is 0 Å².